The fourth-order valence-electron chi connectivity index (χ4n) is 0.872. The van der Waals surface area contributed by atoms with Crippen LogP contribution >= 0.6 is 0 Å². The van der Waals surface area contributed by atoms with Gasteiger partial charge in [-0.05, 0) is 12.1 Å². The van der Waals surface area contributed by atoms with E-state index in [4.69, 9.17) is 0 Å². The van der Waals surface area contributed by atoms with E-state index in [0.717, 1.165) is 0 Å². The minimum Gasteiger partial charge on any atom is -0.415 e. The lowest BCUT2D eigenvalue weighted by atomic mass is 10.4. The van der Waals surface area contributed by atoms with Crippen molar-refractivity contribution in [3.05, 3.63) is 39.1 Å². The number of pyridine rings is 1. The second kappa shape index (κ2) is 2.30. The van der Waals surface area contributed by atoms with E-state index in [1.165, 1.54) is 6.20 Å². The molecular weight excluding hydrogens is 160 g/mol. The Bertz CT molecular complexity index is 477. The smallest absolute Gasteiger partial charge is 0.402 e. The van der Waals surface area contributed by atoms with Crippen LogP contribution in [0.4, 0.5) is 0 Å². The van der Waals surface area contributed by atoms with Crippen LogP contribution in [-0.4, -0.2) is 9.97 Å². The number of H-pyrrole nitrogens is 1. The molecule has 0 saturated carbocycles. The second-order valence-electron chi connectivity index (χ2n) is 2.19. The quantitative estimate of drug-likeness (QED) is 0.550. The average Bonchev–Trinajstić information content (AvgIpc) is 2.07. The fraction of sp³-hybridized carbons (Fsp3) is 0. The van der Waals surface area contributed by atoms with Crippen LogP contribution in [0, 0.1) is 0 Å². The third-order valence-corrected chi connectivity index (χ3v) is 1.39. The van der Waals surface area contributed by atoms with E-state index in [1.54, 1.807) is 12.1 Å². The molecule has 2 rings (SSSR count). The summed E-state index contributed by atoms with van der Waals surface area (Å²) in [5, 5.41) is 0. The molecule has 0 amide bonds. The summed E-state index contributed by atoms with van der Waals surface area (Å²) in [4.78, 5) is 27.5. The van der Waals surface area contributed by atoms with Gasteiger partial charge in [0.2, 0.25) is 0 Å². The standard InChI is InChI=1S/C7H4N2O3/c10-6-7(11)12-4-2-1-3-8-5(4)9-6/h1-3H,(H,8,9,10). The van der Waals surface area contributed by atoms with E-state index in [0.29, 0.717) is 0 Å². The molecule has 0 aliphatic heterocycles. The van der Waals surface area contributed by atoms with Crippen LogP contribution in [-0.2, 0) is 0 Å². The van der Waals surface area contributed by atoms with E-state index in [-0.39, 0.29) is 11.2 Å². The molecule has 1 N–H and O–H groups in total. The van der Waals surface area contributed by atoms with Crippen molar-refractivity contribution in [3.63, 3.8) is 0 Å². The van der Waals surface area contributed by atoms with Gasteiger partial charge in [-0.3, -0.25) is 9.78 Å². The summed E-state index contributed by atoms with van der Waals surface area (Å²) < 4.78 is 4.63. The molecule has 0 saturated heterocycles. The van der Waals surface area contributed by atoms with Crippen molar-refractivity contribution >= 4 is 11.2 Å². The highest BCUT2D eigenvalue weighted by Gasteiger charge is 1.99. The first-order chi connectivity index (χ1) is 5.77. The number of hydrogen-bond donors (Lipinski definition) is 1. The summed E-state index contributed by atoms with van der Waals surface area (Å²) in [5.41, 5.74) is -1.14. The predicted octanol–water partition coefficient (Wildman–Crippen LogP) is -0.124. The monoisotopic (exact) mass is 164 g/mol. The summed E-state index contributed by atoms with van der Waals surface area (Å²) >= 11 is 0. The van der Waals surface area contributed by atoms with Crippen LogP contribution in [0.3, 0.4) is 0 Å². The van der Waals surface area contributed by atoms with Crippen molar-refractivity contribution in [1.29, 1.82) is 0 Å². The minimum absolute atomic E-state index is 0.280. The molecule has 5 nitrogen and oxygen atoms in total. The van der Waals surface area contributed by atoms with Crippen molar-refractivity contribution in [1.82, 2.24) is 9.97 Å². The summed E-state index contributed by atoms with van der Waals surface area (Å²) in [6.45, 7) is 0. The van der Waals surface area contributed by atoms with Gasteiger partial charge in [-0.15, -0.1) is 0 Å². The summed E-state index contributed by atoms with van der Waals surface area (Å²) in [6, 6.07) is 3.17. The Morgan fingerprint density at radius 1 is 1.42 bits per heavy atom. The SMILES string of the molecule is O=c1[nH]c2ncccc2oc1=O. The van der Waals surface area contributed by atoms with Crippen LogP contribution in [0.15, 0.2) is 32.3 Å². The number of aromatic nitrogens is 2. The maximum Gasteiger partial charge on any atom is 0.402 e. The van der Waals surface area contributed by atoms with Gasteiger partial charge in [-0.2, -0.15) is 0 Å². The van der Waals surface area contributed by atoms with Gasteiger partial charge in [0.25, 0.3) is 0 Å². The molecule has 0 radical (unpaired) electrons. The molecule has 0 aromatic carbocycles. The van der Waals surface area contributed by atoms with E-state index in [9.17, 15) is 9.59 Å². The molecule has 0 bridgehead atoms. The van der Waals surface area contributed by atoms with Gasteiger partial charge in [0.1, 0.15) is 0 Å². The van der Waals surface area contributed by atoms with Crippen LogP contribution in [0.2, 0.25) is 0 Å². The van der Waals surface area contributed by atoms with E-state index in [1.807, 2.05) is 0 Å². The highest BCUT2D eigenvalue weighted by atomic mass is 16.4. The van der Waals surface area contributed by atoms with E-state index in [2.05, 4.69) is 14.4 Å². The van der Waals surface area contributed by atoms with Crippen molar-refractivity contribution < 1.29 is 4.42 Å². The Hall–Kier alpha value is -1.91. The molecule has 0 spiro atoms. The lowest BCUT2D eigenvalue weighted by Crippen LogP contribution is -2.25. The summed E-state index contributed by atoms with van der Waals surface area (Å²) in [5.74, 6) is 0. The zero-order valence-electron chi connectivity index (χ0n) is 5.90. The Kier molecular flexibility index (Phi) is 1.30. The number of rotatable bonds is 0. The number of aromatic amines is 1. The normalized spacial score (nSPS) is 10.3. The van der Waals surface area contributed by atoms with Gasteiger partial charge >= 0.3 is 11.2 Å². The van der Waals surface area contributed by atoms with Gasteiger partial charge in [0.05, 0.1) is 0 Å². The molecule has 12 heavy (non-hydrogen) atoms. The first kappa shape index (κ1) is 6.78. The number of fused-ring (bicyclic) bond motifs is 1. The zero-order valence-corrected chi connectivity index (χ0v) is 5.90. The van der Waals surface area contributed by atoms with Crippen LogP contribution in [0.5, 0.6) is 0 Å². The largest absolute Gasteiger partial charge is 0.415 e. The summed E-state index contributed by atoms with van der Waals surface area (Å²) in [6.07, 6.45) is 1.50. The van der Waals surface area contributed by atoms with Gasteiger partial charge in [0.15, 0.2) is 11.2 Å². The highest BCUT2D eigenvalue weighted by Crippen LogP contribution is 2.00. The number of nitrogens with zero attached hydrogens (tertiary/aromatic N) is 1. The first-order valence-corrected chi connectivity index (χ1v) is 3.25. The lowest BCUT2D eigenvalue weighted by molar-refractivity contribution is 0.544. The van der Waals surface area contributed by atoms with Crippen molar-refractivity contribution in [2.75, 3.05) is 0 Å². The molecule has 0 fully saturated rings. The molecule has 2 aromatic rings. The van der Waals surface area contributed by atoms with Crippen LogP contribution in [0.1, 0.15) is 0 Å². The third kappa shape index (κ3) is 0.914. The first-order valence-electron chi connectivity index (χ1n) is 3.25. The van der Waals surface area contributed by atoms with Gasteiger partial charge in [-0.1, -0.05) is 0 Å². The maximum absolute atomic E-state index is 10.7. The number of nitrogens with one attached hydrogen (secondary N) is 1. The molecule has 2 aromatic heterocycles. The minimum atomic E-state index is -0.907. The molecule has 60 valence electrons. The lowest BCUT2D eigenvalue weighted by Gasteiger charge is -1.90. The fourth-order valence-corrected chi connectivity index (χ4v) is 0.872. The Labute approximate surface area is 65.7 Å². The zero-order chi connectivity index (χ0) is 8.55. The van der Waals surface area contributed by atoms with Crippen LogP contribution < -0.4 is 11.2 Å². The van der Waals surface area contributed by atoms with Gasteiger partial charge in [0, 0.05) is 6.20 Å². The van der Waals surface area contributed by atoms with Gasteiger partial charge < -0.3 is 4.42 Å². The molecule has 5 heteroatoms. The molecule has 0 atom stereocenters. The third-order valence-electron chi connectivity index (χ3n) is 1.39. The van der Waals surface area contributed by atoms with Crippen molar-refractivity contribution in [2.24, 2.45) is 0 Å². The molecule has 2 heterocycles. The highest BCUT2D eigenvalue weighted by molar-refractivity contribution is 5.65. The van der Waals surface area contributed by atoms with Crippen molar-refractivity contribution in [2.45, 2.75) is 0 Å². The van der Waals surface area contributed by atoms with Crippen LogP contribution in [0.25, 0.3) is 11.2 Å². The molecule has 0 aliphatic rings. The Morgan fingerprint density at radius 3 is 3.08 bits per heavy atom. The van der Waals surface area contributed by atoms with E-state index < -0.39 is 11.2 Å². The van der Waals surface area contributed by atoms with Crippen molar-refractivity contribution in [3.8, 4) is 0 Å². The number of hydrogen-bond acceptors (Lipinski definition) is 4. The maximum atomic E-state index is 10.7. The topological polar surface area (TPSA) is 76.0 Å². The molecule has 0 aliphatic carbocycles. The Morgan fingerprint density at radius 2 is 2.25 bits per heavy atom. The molecule has 0 unspecified atom stereocenters. The Balaban J connectivity index is 3.03. The predicted molar refractivity (Wildman–Crippen MR) is 40.9 cm³/mol. The second-order valence-corrected chi connectivity index (χ2v) is 2.19. The van der Waals surface area contributed by atoms with E-state index >= 15 is 0 Å². The summed E-state index contributed by atoms with van der Waals surface area (Å²) in [7, 11) is 0. The molecular formula is C7H4N2O3. The average molecular weight is 164 g/mol. The van der Waals surface area contributed by atoms with Gasteiger partial charge in [-0.25, -0.2) is 9.78 Å².